The molecule has 0 heterocycles. The first-order valence-electron chi connectivity index (χ1n) is 15.0. The zero-order valence-electron chi connectivity index (χ0n) is 25.0. The van der Waals surface area contributed by atoms with Gasteiger partial charge in [-0.25, -0.2) is 8.42 Å². The van der Waals surface area contributed by atoms with Crippen molar-refractivity contribution >= 4 is 39.1 Å². The van der Waals surface area contributed by atoms with Crippen molar-refractivity contribution in [3.8, 4) is 0 Å². The minimum atomic E-state index is -3.63. The largest absolute Gasteiger partial charge is 0.352 e. The van der Waals surface area contributed by atoms with Gasteiger partial charge in [0.1, 0.15) is 6.04 Å². The van der Waals surface area contributed by atoms with E-state index in [1.807, 2.05) is 67.6 Å². The van der Waals surface area contributed by atoms with Gasteiger partial charge in [0.2, 0.25) is 21.8 Å². The molecule has 3 aromatic rings. The van der Waals surface area contributed by atoms with Gasteiger partial charge in [0.25, 0.3) is 0 Å². The molecule has 3 aromatic carbocycles. The summed E-state index contributed by atoms with van der Waals surface area (Å²) in [6.45, 7) is 2.22. The summed E-state index contributed by atoms with van der Waals surface area (Å²) in [5.74, 6) is -0.341. The van der Waals surface area contributed by atoms with Gasteiger partial charge in [-0.2, -0.15) is 0 Å². The van der Waals surface area contributed by atoms with Crippen molar-refractivity contribution in [3.05, 3.63) is 101 Å². The second-order valence-corrected chi connectivity index (χ2v) is 13.8. The van der Waals surface area contributed by atoms with E-state index in [2.05, 4.69) is 5.32 Å². The molecule has 1 aliphatic carbocycles. The number of halogens is 1. The highest BCUT2D eigenvalue weighted by Gasteiger charge is 2.32. The predicted octanol–water partition coefficient (Wildman–Crippen LogP) is 6.28. The van der Waals surface area contributed by atoms with Gasteiger partial charge < -0.3 is 10.2 Å². The van der Waals surface area contributed by atoms with Crippen molar-refractivity contribution in [2.45, 2.75) is 76.9 Å². The standard InChI is InChI=1S/C34H42ClN3O4S/c1-26-20-21-29(35)24-31(26)38(43(2,41)42)22-12-19-33(39)37(25-28-15-8-4-9-16-28)32(23-27-13-6-3-7-14-27)34(40)36-30-17-10-5-11-18-30/h3-4,6-9,13-16,20-21,24,30,32H,5,10-12,17-19,22-23,25H2,1-2H3,(H,36,40). The lowest BCUT2D eigenvalue weighted by Crippen LogP contribution is -2.52. The third-order valence-corrected chi connectivity index (χ3v) is 9.43. The van der Waals surface area contributed by atoms with Crippen LogP contribution in [0.2, 0.25) is 5.02 Å². The van der Waals surface area contributed by atoms with Gasteiger partial charge in [0, 0.05) is 37.0 Å². The Balaban J connectivity index is 1.58. The van der Waals surface area contributed by atoms with Crippen LogP contribution in [0.15, 0.2) is 78.9 Å². The van der Waals surface area contributed by atoms with Gasteiger partial charge >= 0.3 is 0 Å². The molecular formula is C34H42ClN3O4S. The first-order chi connectivity index (χ1) is 20.6. The Bertz CT molecular complexity index is 1460. The summed E-state index contributed by atoms with van der Waals surface area (Å²) in [4.78, 5) is 29.6. The number of carbonyl (C=O) groups excluding carboxylic acids is 2. The van der Waals surface area contributed by atoms with Crippen LogP contribution in [0, 0.1) is 6.92 Å². The monoisotopic (exact) mass is 623 g/mol. The maximum atomic E-state index is 14.0. The Morgan fingerprint density at radius 1 is 0.930 bits per heavy atom. The molecule has 1 saturated carbocycles. The number of aryl methyl sites for hydroxylation is 1. The molecule has 1 fully saturated rings. The molecule has 0 bridgehead atoms. The van der Waals surface area contributed by atoms with Crippen molar-refractivity contribution in [2.75, 3.05) is 17.1 Å². The zero-order valence-corrected chi connectivity index (χ0v) is 26.6. The number of carbonyl (C=O) groups is 2. The third kappa shape index (κ3) is 9.57. The summed E-state index contributed by atoms with van der Waals surface area (Å²) in [5.41, 5.74) is 3.16. The summed E-state index contributed by atoms with van der Waals surface area (Å²) in [7, 11) is -3.63. The van der Waals surface area contributed by atoms with Crippen LogP contribution >= 0.6 is 11.6 Å². The van der Waals surface area contributed by atoms with Crippen LogP contribution in [0.4, 0.5) is 5.69 Å². The number of hydrogen-bond acceptors (Lipinski definition) is 4. The molecule has 1 N–H and O–H groups in total. The Morgan fingerprint density at radius 2 is 1.56 bits per heavy atom. The van der Waals surface area contributed by atoms with E-state index in [0.717, 1.165) is 48.6 Å². The van der Waals surface area contributed by atoms with Crippen molar-refractivity contribution in [1.82, 2.24) is 10.2 Å². The average molecular weight is 624 g/mol. The molecule has 0 aliphatic heterocycles. The van der Waals surface area contributed by atoms with Crippen LogP contribution in [0.25, 0.3) is 0 Å². The van der Waals surface area contributed by atoms with E-state index in [-0.39, 0.29) is 43.8 Å². The molecule has 4 rings (SSSR count). The third-order valence-electron chi connectivity index (χ3n) is 8.01. The van der Waals surface area contributed by atoms with Gasteiger partial charge in [-0.3, -0.25) is 13.9 Å². The smallest absolute Gasteiger partial charge is 0.243 e. The molecule has 1 unspecified atom stereocenters. The van der Waals surface area contributed by atoms with Gasteiger partial charge in [0.15, 0.2) is 0 Å². The Morgan fingerprint density at radius 3 is 2.19 bits per heavy atom. The topological polar surface area (TPSA) is 86.8 Å². The van der Waals surface area contributed by atoms with E-state index in [1.165, 1.54) is 10.7 Å². The van der Waals surface area contributed by atoms with Crippen LogP contribution in [0.1, 0.15) is 61.6 Å². The Hall–Kier alpha value is -3.36. The molecule has 230 valence electrons. The molecule has 0 aromatic heterocycles. The van der Waals surface area contributed by atoms with E-state index in [4.69, 9.17) is 11.6 Å². The number of amides is 2. The highest BCUT2D eigenvalue weighted by atomic mass is 35.5. The SMILES string of the molecule is Cc1ccc(Cl)cc1N(CCCC(=O)N(Cc1ccccc1)C(Cc1ccccc1)C(=O)NC1CCCCC1)S(C)(=O)=O. The Labute approximate surface area is 261 Å². The lowest BCUT2D eigenvalue weighted by molar-refractivity contribution is -0.141. The van der Waals surface area contributed by atoms with Crippen LogP contribution in [0.3, 0.4) is 0 Å². The van der Waals surface area contributed by atoms with Crippen molar-refractivity contribution < 1.29 is 18.0 Å². The molecular weight excluding hydrogens is 582 g/mol. The molecule has 0 saturated heterocycles. The Kier molecular flexibility index (Phi) is 11.7. The summed E-state index contributed by atoms with van der Waals surface area (Å²) in [6, 6.07) is 24.0. The quantitative estimate of drug-likeness (QED) is 0.243. The van der Waals surface area contributed by atoms with Crippen molar-refractivity contribution in [2.24, 2.45) is 0 Å². The highest BCUT2D eigenvalue weighted by Crippen LogP contribution is 2.27. The fourth-order valence-electron chi connectivity index (χ4n) is 5.71. The predicted molar refractivity (Wildman–Crippen MR) is 174 cm³/mol. The fraction of sp³-hybridized carbons (Fsp3) is 0.412. The molecule has 0 radical (unpaired) electrons. The van der Waals surface area contributed by atoms with Crippen LogP contribution in [-0.2, 0) is 32.6 Å². The number of anilines is 1. The summed E-state index contributed by atoms with van der Waals surface area (Å²) >= 11 is 6.19. The maximum absolute atomic E-state index is 14.0. The minimum Gasteiger partial charge on any atom is -0.352 e. The van der Waals surface area contributed by atoms with E-state index in [1.54, 1.807) is 23.1 Å². The molecule has 43 heavy (non-hydrogen) atoms. The summed E-state index contributed by atoms with van der Waals surface area (Å²) < 4.78 is 26.8. The van der Waals surface area contributed by atoms with Crippen LogP contribution in [0.5, 0.6) is 0 Å². The van der Waals surface area contributed by atoms with E-state index in [0.29, 0.717) is 17.1 Å². The molecule has 9 heteroatoms. The number of nitrogens with zero attached hydrogens (tertiary/aromatic N) is 2. The summed E-state index contributed by atoms with van der Waals surface area (Å²) in [5, 5.41) is 3.69. The van der Waals surface area contributed by atoms with E-state index >= 15 is 0 Å². The summed E-state index contributed by atoms with van der Waals surface area (Å²) in [6.07, 6.45) is 7.15. The number of benzene rings is 3. The fourth-order valence-corrected chi connectivity index (χ4v) is 6.89. The number of hydrogen-bond donors (Lipinski definition) is 1. The average Bonchev–Trinajstić information content (AvgIpc) is 2.99. The normalized spacial score (nSPS) is 14.6. The van der Waals surface area contributed by atoms with E-state index in [9.17, 15) is 18.0 Å². The van der Waals surface area contributed by atoms with Gasteiger partial charge in [-0.05, 0) is 55.0 Å². The van der Waals surface area contributed by atoms with Gasteiger partial charge in [-0.1, -0.05) is 97.6 Å². The van der Waals surface area contributed by atoms with Crippen LogP contribution in [-0.4, -0.2) is 50.0 Å². The minimum absolute atomic E-state index is 0.0838. The molecule has 7 nitrogen and oxygen atoms in total. The van der Waals surface area contributed by atoms with Gasteiger partial charge in [0.05, 0.1) is 11.9 Å². The highest BCUT2D eigenvalue weighted by molar-refractivity contribution is 7.92. The molecule has 1 atom stereocenters. The lowest BCUT2D eigenvalue weighted by Gasteiger charge is -2.34. The number of sulfonamides is 1. The maximum Gasteiger partial charge on any atom is 0.243 e. The lowest BCUT2D eigenvalue weighted by atomic mass is 9.94. The first-order valence-corrected chi connectivity index (χ1v) is 17.3. The second kappa shape index (κ2) is 15.4. The van der Waals surface area contributed by atoms with Gasteiger partial charge in [-0.15, -0.1) is 0 Å². The number of nitrogens with one attached hydrogen (secondary N) is 1. The zero-order chi connectivity index (χ0) is 30.8. The molecule has 1 aliphatic rings. The molecule has 0 spiro atoms. The van der Waals surface area contributed by atoms with E-state index < -0.39 is 16.1 Å². The van der Waals surface area contributed by atoms with Crippen LogP contribution < -0.4 is 9.62 Å². The second-order valence-electron chi connectivity index (χ2n) is 11.4. The first kappa shape index (κ1) is 32.6. The number of rotatable bonds is 13. The molecule has 2 amide bonds. The van der Waals surface area contributed by atoms with Crippen molar-refractivity contribution in [1.29, 1.82) is 0 Å². The van der Waals surface area contributed by atoms with Crippen molar-refractivity contribution in [3.63, 3.8) is 0 Å².